The van der Waals surface area contributed by atoms with Gasteiger partial charge in [0.05, 0.1) is 6.67 Å². The molecule has 2 aromatic carbocycles. The van der Waals surface area contributed by atoms with Gasteiger partial charge in [-0.2, -0.15) is 0 Å². The highest BCUT2D eigenvalue weighted by Crippen LogP contribution is 2.38. The van der Waals surface area contributed by atoms with Gasteiger partial charge in [0.2, 0.25) is 11.8 Å². The number of anilines is 4. The topological polar surface area (TPSA) is 90.5 Å². The van der Waals surface area contributed by atoms with E-state index in [0.717, 1.165) is 56.8 Å². The molecule has 2 aromatic heterocycles. The Bertz CT molecular complexity index is 1500. The molecule has 8 nitrogen and oxygen atoms in total. The van der Waals surface area contributed by atoms with Crippen LogP contribution in [-0.4, -0.2) is 28.5 Å². The quantitative estimate of drug-likeness (QED) is 0.313. The first kappa shape index (κ1) is 26.5. The van der Waals surface area contributed by atoms with Gasteiger partial charge >= 0.3 is 0 Å². The second kappa shape index (κ2) is 11.4. The number of aryl methyl sites for hydroxylation is 4. The predicted molar refractivity (Wildman–Crippen MR) is 162 cm³/mol. The van der Waals surface area contributed by atoms with Gasteiger partial charge in [-0.05, 0) is 84.3 Å². The van der Waals surface area contributed by atoms with Crippen molar-refractivity contribution in [2.24, 2.45) is 0 Å². The van der Waals surface area contributed by atoms with Crippen molar-refractivity contribution in [2.45, 2.75) is 52.6 Å². The lowest BCUT2D eigenvalue weighted by atomic mass is 9.96. The zero-order chi connectivity index (χ0) is 28.3. The first-order valence-electron chi connectivity index (χ1n) is 14.1. The van der Waals surface area contributed by atoms with Crippen LogP contribution in [0.2, 0.25) is 0 Å². The van der Waals surface area contributed by atoms with Crippen molar-refractivity contribution in [3.63, 3.8) is 0 Å². The molecule has 0 aliphatic carbocycles. The lowest BCUT2D eigenvalue weighted by Crippen LogP contribution is -2.46. The van der Waals surface area contributed by atoms with Crippen molar-refractivity contribution in [3.05, 3.63) is 106 Å². The normalized spacial score (nSPS) is 13.3. The Morgan fingerprint density at radius 3 is 1.56 bits per heavy atom. The lowest BCUT2D eigenvalue weighted by Gasteiger charge is -2.45. The number of hydrogen-bond donors (Lipinski definition) is 2. The number of rotatable bonds is 8. The molecule has 2 aliphatic rings. The van der Waals surface area contributed by atoms with E-state index in [4.69, 9.17) is 0 Å². The van der Waals surface area contributed by atoms with Gasteiger partial charge in [-0.15, -0.1) is 0 Å². The van der Waals surface area contributed by atoms with Crippen molar-refractivity contribution < 1.29 is 9.59 Å². The van der Waals surface area contributed by atoms with Gasteiger partial charge < -0.3 is 20.4 Å². The van der Waals surface area contributed by atoms with E-state index in [1.807, 2.05) is 36.4 Å². The first-order valence-corrected chi connectivity index (χ1v) is 14.1. The van der Waals surface area contributed by atoms with Crippen LogP contribution in [0.1, 0.15) is 47.5 Å². The maximum absolute atomic E-state index is 11.4. The van der Waals surface area contributed by atoms with Crippen LogP contribution in [0.15, 0.2) is 72.8 Å². The van der Waals surface area contributed by atoms with E-state index in [-0.39, 0.29) is 11.8 Å². The maximum atomic E-state index is 11.4. The van der Waals surface area contributed by atoms with Gasteiger partial charge in [-0.1, -0.05) is 36.4 Å². The van der Waals surface area contributed by atoms with Crippen LogP contribution in [0.3, 0.4) is 0 Å². The lowest BCUT2D eigenvalue weighted by molar-refractivity contribution is -0.115. The summed E-state index contributed by atoms with van der Waals surface area (Å²) < 4.78 is 0. The Balaban J connectivity index is 1.11. The van der Waals surface area contributed by atoms with Crippen molar-refractivity contribution in [1.29, 1.82) is 0 Å². The maximum Gasteiger partial charge on any atom is 0.222 e. The summed E-state index contributed by atoms with van der Waals surface area (Å²) in [5, 5.41) is 5.53. The average Bonchev–Trinajstić information content (AvgIpc) is 2.94. The van der Waals surface area contributed by atoms with Crippen LogP contribution in [0.5, 0.6) is 0 Å². The SMILES string of the molecule is CC(=O)Nc1cccc(CCc2ccc3c(c2)CN2CN3Cc3cc(CCc4cccc(NC(C)=O)n4)ccc32)n1. The molecule has 0 atom stereocenters. The largest absolute Gasteiger partial charge is 0.349 e. The fraction of sp³-hybridized carbons (Fsp3) is 0.273. The molecule has 0 saturated carbocycles. The number of carbonyl (C=O) groups is 2. The van der Waals surface area contributed by atoms with Crippen LogP contribution in [0.25, 0.3) is 0 Å². The molecule has 4 aromatic rings. The van der Waals surface area contributed by atoms with E-state index >= 15 is 0 Å². The molecule has 41 heavy (non-hydrogen) atoms. The summed E-state index contributed by atoms with van der Waals surface area (Å²) in [5.74, 6) is 0.980. The zero-order valence-electron chi connectivity index (χ0n) is 23.5. The number of aromatic nitrogens is 2. The Labute approximate surface area is 240 Å². The first-order chi connectivity index (χ1) is 19.9. The minimum atomic E-state index is -0.111. The Kier molecular flexibility index (Phi) is 7.37. The van der Waals surface area contributed by atoms with Crippen LogP contribution < -0.4 is 20.4 Å². The highest BCUT2D eigenvalue weighted by molar-refractivity contribution is 5.88. The van der Waals surface area contributed by atoms with Gasteiger partial charge in [-0.25, -0.2) is 9.97 Å². The summed E-state index contributed by atoms with van der Waals surface area (Å²) in [5.41, 5.74) is 9.87. The second-order valence-electron chi connectivity index (χ2n) is 10.9. The number of amides is 2. The number of fused-ring (bicyclic) bond motifs is 6. The summed E-state index contributed by atoms with van der Waals surface area (Å²) in [4.78, 5) is 36.8. The molecule has 0 spiro atoms. The van der Waals surface area contributed by atoms with E-state index in [9.17, 15) is 9.59 Å². The molecule has 0 unspecified atom stereocenters. The van der Waals surface area contributed by atoms with E-state index < -0.39 is 0 Å². The number of carbonyl (C=O) groups excluding carboxylic acids is 2. The third kappa shape index (κ3) is 6.22. The fourth-order valence-electron chi connectivity index (χ4n) is 5.78. The molecule has 4 heterocycles. The van der Waals surface area contributed by atoms with E-state index in [0.29, 0.717) is 11.6 Å². The van der Waals surface area contributed by atoms with Gasteiger partial charge in [0.15, 0.2) is 0 Å². The molecule has 2 aliphatic heterocycles. The Morgan fingerprint density at radius 1 is 0.659 bits per heavy atom. The third-order valence-electron chi connectivity index (χ3n) is 7.59. The summed E-state index contributed by atoms with van der Waals surface area (Å²) >= 11 is 0. The molecule has 6 rings (SSSR count). The third-order valence-corrected chi connectivity index (χ3v) is 7.59. The number of nitrogens with one attached hydrogen (secondary N) is 2. The van der Waals surface area contributed by atoms with E-state index in [1.54, 1.807) is 0 Å². The molecule has 0 radical (unpaired) electrons. The van der Waals surface area contributed by atoms with Crippen LogP contribution >= 0.6 is 0 Å². The number of benzene rings is 2. The minimum Gasteiger partial charge on any atom is -0.349 e. The standard InChI is InChI=1S/C33H34N6O2/c1-22(40)34-32-7-3-5-28(36-32)13-9-24-11-15-30-26(17-24)19-38-21-39(30)20-27-18-25(12-16-31(27)38)10-14-29-6-4-8-33(37-29)35-23(2)41/h3-8,11-12,15-18H,9-10,13-14,19-21H2,1-2H3,(H,34,36,40)(H,35,37,41). The molecule has 0 fully saturated rings. The van der Waals surface area contributed by atoms with Gasteiger partial charge in [0.1, 0.15) is 11.6 Å². The zero-order valence-corrected chi connectivity index (χ0v) is 23.5. The predicted octanol–water partition coefficient (Wildman–Crippen LogP) is 5.26. The van der Waals surface area contributed by atoms with Gasteiger partial charge in [0, 0.05) is 49.7 Å². The average molecular weight is 547 g/mol. The fourth-order valence-corrected chi connectivity index (χ4v) is 5.78. The van der Waals surface area contributed by atoms with Crippen LogP contribution in [-0.2, 0) is 48.4 Å². The molecule has 208 valence electrons. The summed E-state index contributed by atoms with van der Waals surface area (Å²) in [6.45, 7) is 5.68. The monoisotopic (exact) mass is 546 g/mol. The molecular formula is C33H34N6O2. The van der Waals surface area contributed by atoms with Gasteiger partial charge in [0.25, 0.3) is 0 Å². The molecule has 2 amide bonds. The smallest absolute Gasteiger partial charge is 0.222 e. The van der Waals surface area contributed by atoms with E-state index in [1.165, 1.54) is 47.5 Å². The summed E-state index contributed by atoms with van der Waals surface area (Å²) in [6.07, 6.45) is 3.43. The minimum absolute atomic E-state index is 0.111. The summed E-state index contributed by atoms with van der Waals surface area (Å²) in [6, 6.07) is 25.2. The van der Waals surface area contributed by atoms with Crippen LogP contribution in [0, 0.1) is 0 Å². The highest BCUT2D eigenvalue weighted by atomic mass is 16.2. The van der Waals surface area contributed by atoms with E-state index in [2.05, 4.69) is 66.8 Å². The Hall–Kier alpha value is -4.72. The highest BCUT2D eigenvalue weighted by Gasteiger charge is 2.29. The number of nitrogens with zero attached hydrogens (tertiary/aromatic N) is 4. The van der Waals surface area contributed by atoms with Crippen molar-refractivity contribution in [3.8, 4) is 0 Å². The molecule has 0 saturated heterocycles. The van der Waals surface area contributed by atoms with Gasteiger partial charge in [-0.3, -0.25) is 9.59 Å². The molecule has 2 N–H and O–H groups in total. The number of hydrogen-bond acceptors (Lipinski definition) is 6. The van der Waals surface area contributed by atoms with Crippen molar-refractivity contribution in [1.82, 2.24) is 9.97 Å². The molecular weight excluding hydrogens is 512 g/mol. The van der Waals surface area contributed by atoms with Crippen molar-refractivity contribution >= 4 is 34.8 Å². The molecule has 8 heteroatoms. The summed E-state index contributed by atoms with van der Waals surface area (Å²) in [7, 11) is 0. The second-order valence-corrected chi connectivity index (χ2v) is 10.9. The number of pyridine rings is 2. The Morgan fingerprint density at radius 2 is 1.12 bits per heavy atom. The molecule has 2 bridgehead atoms. The van der Waals surface area contributed by atoms with Crippen LogP contribution in [0.4, 0.5) is 23.0 Å². The van der Waals surface area contributed by atoms with Crippen molar-refractivity contribution in [2.75, 3.05) is 27.1 Å².